The number of methoxy groups -OCH3 is 1. The van der Waals surface area contributed by atoms with Gasteiger partial charge in [0.05, 0.1) is 20.2 Å². The average molecular weight is 295 g/mol. The Bertz CT molecular complexity index is 492. The fourth-order valence-electron chi connectivity index (χ4n) is 2.44. The summed E-state index contributed by atoms with van der Waals surface area (Å²) in [6, 6.07) is 3.75. The molecule has 1 amide bonds. The summed E-state index contributed by atoms with van der Waals surface area (Å²) in [6.07, 6.45) is 1.91. The van der Waals surface area contributed by atoms with Gasteiger partial charge in [0.15, 0.2) is 0 Å². The van der Waals surface area contributed by atoms with E-state index in [9.17, 15) is 9.59 Å². The highest BCUT2D eigenvalue weighted by Gasteiger charge is 2.20. The maximum absolute atomic E-state index is 11.3. The van der Waals surface area contributed by atoms with E-state index >= 15 is 0 Å². The minimum atomic E-state index is -0.471. The molecule has 1 saturated heterocycles. The van der Waals surface area contributed by atoms with Crippen molar-refractivity contribution in [1.82, 2.24) is 10.2 Å². The van der Waals surface area contributed by atoms with Crippen LogP contribution in [0.15, 0.2) is 16.5 Å². The van der Waals surface area contributed by atoms with Gasteiger partial charge >= 0.3 is 5.97 Å². The minimum absolute atomic E-state index is 0.213. The third-order valence-electron chi connectivity index (χ3n) is 3.58. The summed E-state index contributed by atoms with van der Waals surface area (Å²) in [5.74, 6) is 0.161. The second kappa shape index (κ2) is 7.24. The van der Waals surface area contributed by atoms with Gasteiger partial charge in [-0.05, 0) is 25.0 Å². The first-order chi connectivity index (χ1) is 10.1. The number of esters is 1. The number of amides is 1. The van der Waals surface area contributed by atoms with Crippen molar-refractivity contribution in [3.8, 4) is 0 Å². The number of nitrogens with one attached hydrogen (secondary N) is 1. The minimum Gasteiger partial charge on any atom is -0.463 e. The van der Waals surface area contributed by atoms with Crippen molar-refractivity contribution in [2.45, 2.75) is 25.4 Å². The van der Waals surface area contributed by atoms with Crippen LogP contribution in [0.5, 0.6) is 0 Å². The van der Waals surface area contributed by atoms with Crippen LogP contribution in [0.25, 0.3) is 0 Å². The number of piperidine rings is 1. The summed E-state index contributed by atoms with van der Waals surface area (Å²) < 4.78 is 9.98. The highest BCUT2D eigenvalue weighted by molar-refractivity contribution is 5.86. The van der Waals surface area contributed by atoms with Gasteiger partial charge in [-0.15, -0.1) is 0 Å². The van der Waals surface area contributed by atoms with Gasteiger partial charge in [0.1, 0.15) is 5.76 Å². The molecule has 1 aliphatic rings. The van der Waals surface area contributed by atoms with Gasteiger partial charge in [-0.1, -0.05) is 0 Å². The van der Waals surface area contributed by atoms with E-state index < -0.39 is 5.97 Å². The molecule has 0 aromatic carbocycles. The van der Waals surface area contributed by atoms with Crippen LogP contribution in [0.1, 0.15) is 29.2 Å². The summed E-state index contributed by atoms with van der Waals surface area (Å²) in [6.45, 7) is 2.60. The molecule has 7 nitrogen and oxygen atoms in total. The lowest BCUT2D eigenvalue weighted by atomic mass is 10.1. The van der Waals surface area contributed by atoms with Crippen LogP contribution >= 0.6 is 0 Å². The van der Waals surface area contributed by atoms with Crippen LogP contribution in [0.2, 0.25) is 0 Å². The Morgan fingerprint density at radius 2 is 2.14 bits per heavy atom. The molecule has 116 valence electrons. The summed E-state index contributed by atoms with van der Waals surface area (Å²) in [5, 5.41) is 3.39. The molecule has 0 aliphatic carbocycles. The third kappa shape index (κ3) is 4.57. The molecule has 1 fully saturated rings. The van der Waals surface area contributed by atoms with Gasteiger partial charge in [0.25, 0.3) is 0 Å². The molecule has 3 N–H and O–H groups in total. The van der Waals surface area contributed by atoms with E-state index in [-0.39, 0.29) is 11.7 Å². The quantitative estimate of drug-likeness (QED) is 0.723. The molecule has 0 unspecified atom stereocenters. The lowest BCUT2D eigenvalue weighted by molar-refractivity contribution is -0.119. The molecule has 0 spiro atoms. The van der Waals surface area contributed by atoms with Crippen LogP contribution in [0.4, 0.5) is 0 Å². The van der Waals surface area contributed by atoms with E-state index in [4.69, 9.17) is 10.2 Å². The average Bonchev–Trinajstić information content (AvgIpc) is 2.94. The molecular weight excluding hydrogens is 274 g/mol. The Hall–Kier alpha value is -1.86. The number of ether oxygens (including phenoxy) is 1. The number of nitrogens with two attached hydrogens (primary N) is 1. The van der Waals surface area contributed by atoms with Crippen LogP contribution < -0.4 is 11.1 Å². The van der Waals surface area contributed by atoms with E-state index in [0.717, 1.165) is 25.9 Å². The van der Waals surface area contributed by atoms with Gasteiger partial charge in [-0.2, -0.15) is 0 Å². The van der Waals surface area contributed by atoms with Gasteiger partial charge < -0.3 is 20.2 Å². The third-order valence-corrected chi connectivity index (χ3v) is 3.58. The Morgan fingerprint density at radius 3 is 2.76 bits per heavy atom. The lowest BCUT2D eigenvalue weighted by Crippen LogP contribution is -2.45. The summed E-state index contributed by atoms with van der Waals surface area (Å²) in [4.78, 5) is 24.2. The molecule has 21 heavy (non-hydrogen) atoms. The second-order valence-corrected chi connectivity index (χ2v) is 5.16. The largest absolute Gasteiger partial charge is 0.463 e. The van der Waals surface area contributed by atoms with Crippen LogP contribution in [0.3, 0.4) is 0 Å². The van der Waals surface area contributed by atoms with E-state index in [1.165, 1.54) is 7.11 Å². The molecule has 1 aliphatic heterocycles. The molecule has 7 heteroatoms. The lowest BCUT2D eigenvalue weighted by Gasteiger charge is -2.31. The maximum Gasteiger partial charge on any atom is 0.373 e. The molecule has 0 saturated carbocycles. The van der Waals surface area contributed by atoms with Crippen molar-refractivity contribution >= 4 is 11.9 Å². The number of carbonyl (C=O) groups is 2. The predicted molar refractivity (Wildman–Crippen MR) is 75.5 cm³/mol. The fourth-order valence-corrected chi connectivity index (χ4v) is 2.44. The van der Waals surface area contributed by atoms with Crippen molar-refractivity contribution < 1.29 is 18.7 Å². The number of primary amides is 1. The Morgan fingerprint density at radius 1 is 1.43 bits per heavy atom. The molecule has 1 aromatic heterocycles. The normalized spacial score (nSPS) is 16.8. The first-order valence-corrected chi connectivity index (χ1v) is 6.99. The number of hydrogen-bond donors (Lipinski definition) is 2. The number of furan rings is 1. The first-order valence-electron chi connectivity index (χ1n) is 6.99. The zero-order valence-corrected chi connectivity index (χ0v) is 12.1. The first kappa shape index (κ1) is 15.5. The fraction of sp³-hybridized carbons (Fsp3) is 0.571. The van der Waals surface area contributed by atoms with Crippen molar-refractivity contribution in [2.24, 2.45) is 5.73 Å². The van der Waals surface area contributed by atoms with Gasteiger partial charge in [-0.3, -0.25) is 9.69 Å². The molecule has 2 heterocycles. The number of rotatable bonds is 6. The van der Waals surface area contributed by atoms with Gasteiger partial charge in [-0.25, -0.2) is 4.79 Å². The van der Waals surface area contributed by atoms with Gasteiger partial charge in [0.2, 0.25) is 11.7 Å². The Kier molecular flexibility index (Phi) is 5.35. The van der Waals surface area contributed by atoms with E-state index in [1.54, 1.807) is 12.1 Å². The standard InChI is InChI=1S/C14H21N3O4/c1-20-14(19)12-3-2-11(21-12)8-16-10-4-6-17(7-5-10)9-13(15)18/h2-3,10,16H,4-9H2,1H3,(H2,15,18). The smallest absolute Gasteiger partial charge is 0.373 e. The SMILES string of the molecule is COC(=O)c1ccc(CNC2CCN(CC(N)=O)CC2)o1. The monoisotopic (exact) mass is 295 g/mol. The zero-order chi connectivity index (χ0) is 15.2. The van der Waals surface area contributed by atoms with Crippen LogP contribution in [-0.4, -0.2) is 49.6 Å². The summed E-state index contributed by atoms with van der Waals surface area (Å²) >= 11 is 0. The van der Waals surface area contributed by atoms with Crippen molar-refractivity contribution in [3.05, 3.63) is 23.7 Å². The maximum atomic E-state index is 11.3. The van der Waals surface area contributed by atoms with E-state index in [1.807, 2.05) is 0 Å². The second-order valence-electron chi connectivity index (χ2n) is 5.16. The van der Waals surface area contributed by atoms with Crippen molar-refractivity contribution in [1.29, 1.82) is 0 Å². The van der Waals surface area contributed by atoms with Gasteiger partial charge in [0, 0.05) is 19.1 Å². The molecule has 0 radical (unpaired) electrons. The van der Waals surface area contributed by atoms with Crippen molar-refractivity contribution in [2.75, 3.05) is 26.7 Å². The molecule has 0 atom stereocenters. The van der Waals surface area contributed by atoms with E-state index in [0.29, 0.717) is 24.9 Å². The predicted octanol–water partition coefficient (Wildman–Crippen LogP) is 0.106. The molecule has 2 rings (SSSR count). The van der Waals surface area contributed by atoms with Crippen molar-refractivity contribution in [3.63, 3.8) is 0 Å². The summed E-state index contributed by atoms with van der Waals surface area (Å²) in [5.41, 5.74) is 5.18. The number of hydrogen-bond acceptors (Lipinski definition) is 6. The topological polar surface area (TPSA) is 97.8 Å². The van der Waals surface area contributed by atoms with Crippen LogP contribution in [-0.2, 0) is 16.1 Å². The molecular formula is C14H21N3O4. The molecule has 0 bridgehead atoms. The van der Waals surface area contributed by atoms with Crippen LogP contribution in [0, 0.1) is 0 Å². The Balaban J connectivity index is 1.73. The zero-order valence-electron chi connectivity index (χ0n) is 12.1. The number of carbonyl (C=O) groups excluding carboxylic acids is 2. The van der Waals surface area contributed by atoms with E-state index in [2.05, 4.69) is 15.0 Å². The number of nitrogens with zero attached hydrogens (tertiary/aromatic N) is 1. The molecule has 1 aromatic rings. The Labute approximate surface area is 123 Å². The summed E-state index contributed by atoms with van der Waals surface area (Å²) in [7, 11) is 1.32. The highest BCUT2D eigenvalue weighted by atomic mass is 16.5. The highest BCUT2D eigenvalue weighted by Crippen LogP contribution is 2.13. The number of likely N-dealkylation sites (tertiary alicyclic amines) is 1.